The molecule has 0 saturated heterocycles. The molecule has 0 bridgehead atoms. The van der Waals surface area contributed by atoms with Gasteiger partial charge in [0.1, 0.15) is 0 Å². The van der Waals surface area contributed by atoms with Gasteiger partial charge in [-0.3, -0.25) is 9.59 Å². The molecule has 4 heteroatoms. The van der Waals surface area contributed by atoms with Crippen LogP contribution in [0.2, 0.25) is 0 Å². The second kappa shape index (κ2) is 8.95. The van der Waals surface area contributed by atoms with Crippen LogP contribution < -0.4 is 0 Å². The van der Waals surface area contributed by atoms with Crippen molar-refractivity contribution in [3.8, 4) is 0 Å². The van der Waals surface area contributed by atoms with Crippen LogP contribution in [0, 0.1) is 5.41 Å². The molecule has 0 aliphatic heterocycles. The third-order valence-corrected chi connectivity index (χ3v) is 3.46. The third-order valence-electron chi connectivity index (χ3n) is 3.46. The zero-order valence-corrected chi connectivity index (χ0v) is 12.1. The Bertz CT molecular complexity index is 245. The lowest BCUT2D eigenvalue weighted by Crippen LogP contribution is -2.40. The van der Waals surface area contributed by atoms with Gasteiger partial charge in [0.05, 0.1) is 14.2 Å². The van der Waals surface area contributed by atoms with Crippen molar-refractivity contribution in [2.24, 2.45) is 5.41 Å². The Morgan fingerprint density at radius 2 is 1.39 bits per heavy atom. The summed E-state index contributed by atoms with van der Waals surface area (Å²) in [5.41, 5.74) is -1.12. The number of carbonyl (C=O) groups excluding carboxylic acids is 2. The van der Waals surface area contributed by atoms with Gasteiger partial charge in [0.15, 0.2) is 5.41 Å². The lowest BCUT2D eigenvalue weighted by molar-refractivity contribution is -0.170. The number of esters is 2. The van der Waals surface area contributed by atoms with E-state index < -0.39 is 17.4 Å². The summed E-state index contributed by atoms with van der Waals surface area (Å²) >= 11 is 0. The minimum Gasteiger partial charge on any atom is -0.468 e. The molecule has 0 rings (SSSR count). The summed E-state index contributed by atoms with van der Waals surface area (Å²) in [5.74, 6) is -0.959. The molecule has 0 radical (unpaired) electrons. The Labute approximate surface area is 110 Å². The van der Waals surface area contributed by atoms with E-state index in [9.17, 15) is 9.59 Å². The van der Waals surface area contributed by atoms with Gasteiger partial charge in [-0.1, -0.05) is 46.0 Å². The molecule has 0 spiro atoms. The van der Waals surface area contributed by atoms with Gasteiger partial charge >= 0.3 is 11.9 Å². The normalized spacial score (nSPS) is 11.1. The summed E-state index contributed by atoms with van der Waals surface area (Å²) in [6.45, 7) is 3.97. The maximum atomic E-state index is 11.9. The first-order valence-corrected chi connectivity index (χ1v) is 6.75. The molecule has 0 aromatic heterocycles. The second-order valence-corrected chi connectivity index (χ2v) is 4.58. The smallest absolute Gasteiger partial charge is 0.323 e. The highest BCUT2D eigenvalue weighted by Crippen LogP contribution is 2.32. The van der Waals surface area contributed by atoms with Crippen LogP contribution in [0.4, 0.5) is 0 Å². The Morgan fingerprint density at radius 3 is 1.78 bits per heavy atom. The predicted molar refractivity (Wildman–Crippen MR) is 70.1 cm³/mol. The number of rotatable bonds is 9. The van der Waals surface area contributed by atoms with Crippen LogP contribution in [0.15, 0.2) is 0 Å². The fourth-order valence-corrected chi connectivity index (χ4v) is 2.17. The van der Waals surface area contributed by atoms with Gasteiger partial charge in [-0.05, 0) is 12.8 Å². The van der Waals surface area contributed by atoms with E-state index in [2.05, 4.69) is 6.92 Å². The van der Waals surface area contributed by atoms with Gasteiger partial charge in [0, 0.05) is 0 Å². The van der Waals surface area contributed by atoms with Crippen molar-refractivity contribution in [2.45, 2.75) is 58.8 Å². The summed E-state index contributed by atoms with van der Waals surface area (Å²) in [4.78, 5) is 23.7. The van der Waals surface area contributed by atoms with E-state index in [1.165, 1.54) is 27.1 Å². The maximum Gasteiger partial charge on any atom is 0.323 e. The molecule has 0 fully saturated rings. The number of hydrogen-bond acceptors (Lipinski definition) is 4. The van der Waals surface area contributed by atoms with Gasteiger partial charge in [0.2, 0.25) is 0 Å². The van der Waals surface area contributed by atoms with Crippen LogP contribution in [0.3, 0.4) is 0 Å². The number of methoxy groups -OCH3 is 2. The van der Waals surface area contributed by atoms with Crippen LogP contribution >= 0.6 is 0 Å². The molecule has 0 N–H and O–H groups in total. The number of ether oxygens (including phenoxy) is 2. The highest BCUT2D eigenvalue weighted by Gasteiger charge is 2.46. The SMILES string of the molecule is CCCCCCCC(CC)(C(=O)OC)C(=O)OC. The van der Waals surface area contributed by atoms with Crippen molar-refractivity contribution in [1.29, 1.82) is 0 Å². The largest absolute Gasteiger partial charge is 0.468 e. The zero-order chi connectivity index (χ0) is 14.0. The Morgan fingerprint density at radius 1 is 0.889 bits per heavy atom. The van der Waals surface area contributed by atoms with E-state index in [0.29, 0.717) is 12.8 Å². The van der Waals surface area contributed by atoms with E-state index in [1.807, 2.05) is 6.92 Å². The predicted octanol–water partition coefficient (Wildman–Crippen LogP) is 3.09. The Hall–Kier alpha value is -1.06. The Kier molecular flexibility index (Phi) is 8.42. The molecule has 0 amide bonds. The maximum absolute atomic E-state index is 11.9. The van der Waals surface area contributed by atoms with Crippen LogP contribution in [-0.4, -0.2) is 26.2 Å². The molecule has 0 unspecified atom stereocenters. The van der Waals surface area contributed by atoms with Gasteiger partial charge in [-0.2, -0.15) is 0 Å². The van der Waals surface area contributed by atoms with Crippen molar-refractivity contribution in [3.05, 3.63) is 0 Å². The summed E-state index contributed by atoms with van der Waals surface area (Å²) < 4.78 is 9.54. The van der Waals surface area contributed by atoms with Crippen molar-refractivity contribution >= 4 is 11.9 Å². The molecule has 0 aliphatic rings. The fourth-order valence-electron chi connectivity index (χ4n) is 2.17. The molecule has 0 aromatic carbocycles. The lowest BCUT2D eigenvalue weighted by atomic mass is 9.80. The summed E-state index contributed by atoms with van der Waals surface area (Å²) in [7, 11) is 2.62. The Balaban J connectivity index is 4.56. The molecule has 0 aliphatic carbocycles. The van der Waals surface area contributed by atoms with E-state index in [-0.39, 0.29) is 0 Å². The highest BCUT2D eigenvalue weighted by atomic mass is 16.5. The summed E-state index contributed by atoms with van der Waals surface area (Å²) in [6, 6.07) is 0. The van der Waals surface area contributed by atoms with Crippen molar-refractivity contribution in [2.75, 3.05) is 14.2 Å². The third kappa shape index (κ3) is 4.31. The average molecular weight is 258 g/mol. The fraction of sp³-hybridized carbons (Fsp3) is 0.857. The minimum absolute atomic E-state index is 0.417. The molecule has 4 nitrogen and oxygen atoms in total. The van der Waals surface area contributed by atoms with Crippen molar-refractivity contribution in [1.82, 2.24) is 0 Å². The van der Waals surface area contributed by atoms with Crippen molar-refractivity contribution in [3.63, 3.8) is 0 Å². The lowest BCUT2D eigenvalue weighted by Gasteiger charge is -2.26. The van der Waals surface area contributed by atoms with Gasteiger partial charge < -0.3 is 9.47 Å². The molecule has 106 valence electrons. The molecule has 0 aromatic rings. The first-order chi connectivity index (χ1) is 8.58. The van der Waals surface area contributed by atoms with Gasteiger partial charge in [0.25, 0.3) is 0 Å². The summed E-state index contributed by atoms with van der Waals surface area (Å²) in [6.07, 6.45) is 6.30. The standard InChI is InChI=1S/C14H26O4/c1-5-7-8-9-10-11-14(6-2,12(15)17-3)13(16)18-4/h5-11H2,1-4H3. The zero-order valence-electron chi connectivity index (χ0n) is 12.1. The topological polar surface area (TPSA) is 52.6 Å². The number of unbranched alkanes of at least 4 members (excludes halogenated alkanes) is 4. The van der Waals surface area contributed by atoms with Crippen LogP contribution in [-0.2, 0) is 19.1 Å². The van der Waals surface area contributed by atoms with E-state index in [4.69, 9.17) is 9.47 Å². The van der Waals surface area contributed by atoms with Gasteiger partial charge in [-0.15, -0.1) is 0 Å². The monoisotopic (exact) mass is 258 g/mol. The van der Waals surface area contributed by atoms with E-state index in [1.54, 1.807) is 0 Å². The first kappa shape index (κ1) is 16.9. The van der Waals surface area contributed by atoms with Crippen molar-refractivity contribution < 1.29 is 19.1 Å². The molecule has 0 atom stereocenters. The molecule has 0 saturated carbocycles. The molecular formula is C14H26O4. The molecule has 0 heterocycles. The van der Waals surface area contributed by atoms with E-state index >= 15 is 0 Å². The quantitative estimate of drug-likeness (QED) is 0.362. The molecular weight excluding hydrogens is 232 g/mol. The summed E-state index contributed by atoms with van der Waals surface area (Å²) in [5, 5.41) is 0. The van der Waals surface area contributed by atoms with Crippen LogP contribution in [0.25, 0.3) is 0 Å². The van der Waals surface area contributed by atoms with Crippen LogP contribution in [0.5, 0.6) is 0 Å². The van der Waals surface area contributed by atoms with Gasteiger partial charge in [-0.25, -0.2) is 0 Å². The number of carbonyl (C=O) groups is 2. The minimum atomic E-state index is -1.12. The van der Waals surface area contributed by atoms with Crippen LogP contribution in [0.1, 0.15) is 58.8 Å². The molecule has 18 heavy (non-hydrogen) atoms. The second-order valence-electron chi connectivity index (χ2n) is 4.58. The average Bonchev–Trinajstić information content (AvgIpc) is 2.41. The first-order valence-electron chi connectivity index (χ1n) is 6.75. The highest BCUT2D eigenvalue weighted by molar-refractivity contribution is 5.99. The van der Waals surface area contributed by atoms with E-state index in [0.717, 1.165) is 19.3 Å². The number of hydrogen-bond donors (Lipinski definition) is 0.